The number of hydrogen-bond acceptors (Lipinski definition) is 3. The molecule has 0 amide bonds. The molecule has 1 unspecified atom stereocenters. The SMILES string of the molecule is CNC(C)Cc1ccsn1. The third-order valence-electron chi connectivity index (χ3n) is 1.50. The van der Waals surface area contributed by atoms with Crippen LogP contribution in [0.3, 0.4) is 0 Å². The molecule has 0 aromatic carbocycles. The van der Waals surface area contributed by atoms with Gasteiger partial charge in [0.1, 0.15) is 0 Å². The van der Waals surface area contributed by atoms with Crippen LogP contribution < -0.4 is 5.32 Å². The second-order valence-electron chi connectivity index (χ2n) is 2.38. The first-order valence-corrected chi connectivity index (χ1v) is 4.23. The molecule has 0 saturated carbocycles. The summed E-state index contributed by atoms with van der Waals surface area (Å²) in [5.74, 6) is 0. The van der Waals surface area contributed by atoms with Gasteiger partial charge >= 0.3 is 0 Å². The van der Waals surface area contributed by atoms with Crippen molar-refractivity contribution < 1.29 is 0 Å². The van der Waals surface area contributed by atoms with Crippen LogP contribution in [-0.2, 0) is 6.42 Å². The smallest absolute Gasteiger partial charge is 0.0557 e. The maximum absolute atomic E-state index is 4.21. The van der Waals surface area contributed by atoms with E-state index in [4.69, 9.17) is 0 Å². The van der Waals surface area contributed by atoms with Gasteiger partial charge in [0.25, 0.3) is 0 Å². The molecule has 3 heteroatoms. The molecule has 0 saturated heterocycles. The van der Waals surface area contributed by atoms with Crippen LogP contribution in [0.25, 0.3) is 0 Å². The summed E-state index contributed by atoms with van der Waals surface area (Å²) in [6.07, 6.45) is 1.03. The molecule has 0 aliphatic rings. The van der Waals surface area contributed by atoms with Gasteiger partial charge in [-0.05, 0) is 31.6 Å². The molecule has 1 aromatic heterocycles. The van der Waals surface area contributed by atoms with Crippen molar-refractivity contribution in [3.8, 4) is 0 Å². The van der Waals surface area contributed by atoms with Crippen molar-refractivity contribution in [1.29, 1.82) is 0 Å². The second kappa shape index (κ2) is 3.68. The van der Waals surface area contributed by atoms with Gasteiger partial charge in [-0.1, -0.05) is 0 Å². The minimum absolute atomic E-state index is 0.530. The molecule has 0 spiro atoms. The molecular formula is C7H12N2S. The van der Waals surface area contributed by atoms with Crippen LogP contribution in [0.2, 0.25) is 0 Å². The molecule has 0 aliphatic carbocycles. The van der Waals surface area contributed by atoms with Crippen LogP contribution in [0.1, 0.15) is 12.6 Å². The zero-order valence-corrected chi connectivity index (χ0v) is 7.11. The number of hydrogen-bond donors (Lipinski definition) is 1. The number of rotatable bonds is 3. The molecule has 0 fully saturated rings. The Hall–Kier alpha value is -0.410. The minimum Gasteiger partial charge on any atom is -0.317 e. The van der Waals surface area contributed by atoms with Gasteiger partial charge in [0.2, 0.25) is 0 Å². The van der Waals surface area contributed by atoms with Crippen molar-refractivity contribution in [2.45, 2.75) is 19.4 Å². The second-order valence-corrected chi connectivity index (χ2v) is 3.05. The highest BCUT2D eigenvalue weighted by atomic mass is 32.1. The normalized spacial score (nSPS) is 13.4. The van der Waals surface area contributed by atoms with E-state index in [0.29, 0.717) is 6.04 Å². The Morgan fingerprint density at radius 3 is 3.10 bits per heavy atom. The van der Waals surface area contributed by atoms with Crippen LogP contribution in [0, 0.1) is 0 Å². The maximum atomic E-state index is 4.21. The maximum Gasteiger partial charge on any atom is 0.0557 e. The summed E-state index contributed by atoms with van der Waals surface area (Å²) < 4.78 is 4.21. The number of nitrogens with zero attached hydrogens (tertiary/aromatic N) is 1. The highest BCUT2D eigenvalue weighted by Crippen LogP contribution is 2.02. The van der Waals surface area contributed by atoms with Crippen LogP contribution >= 0.6 is 11.5 Å². The van der Waals surface area contributed by atoms with Crippen molar-refractivity contribution >= 4 is 11.5 Å². The monoisotopic (exact) mass is 156 g/mol. The fourth-order valence-corrected chi connectivity index (χ4v) is 1.31. The highest BCUT2D eigenvalue weighted by Gasteiger charge is 2.00. The summed E-state index contributed by atoms with van der Waals surface area (Å²) in [6.45, 7) is 2.15. The summed E-state index contributed by atoms with van der Waals surface area (Å²) in [5.41, 5.74) is 1.19. The summed E-state index contributed by atoms with van der Waals surface area (Å²) in [4.78, 5) is 0. The molecule has 1 aromatic rings. The first-order valence-electron chi connectivity index (χ1n) is 3.39. The molecule has 0 radical (unpaired) electrons. The van der Waals surface area contributed by atoms with E-state index in [2.05, 4.69) is 22.7 Å². The molecule has 1 heterocycles. The van der Waals surface area contributed by atoms with Gasteiger partial charge in [-0.2, -0.15) is 4.37 Å². The average Bonchev–Trinajstić information content (AvgIpc) is 2.40. The Morgan fingerprint density at radius 1 is 1.80 bits per heavy atom. The van der Waals surface area contributed by atoms with Gasteiger partial charge < -0.3 is 5.32 Å². The third-order valence-corrected chi connectivity index (χ3v) is 2.10. The Morgan fingerprint density at radius 2 is 2.60 bits per heavy atom. The van der Waals surface area contributed by atoms with Gasteiger partial charge in [-0.3, -0.25) is 0 Å². The van der Waals surface area contributed by atoms with Crippen molar-refractivity contribution in [3.63, 3.8) is 0 Å². The molecule has 0 bridgehead atoms. The predicted molar refractivity (Wildman–Crippen MR) is 44.3 cm³/mol. The number of nitrogens with one attached hydrogen (secondary N) is 1. The van der Waals surface area contributed by atoms with Crippen molar-refractivity contribution in [3.05, 3.63) is 17.1 Å². The van der Waals surface area contributed by atoms with Crippen molar-refractivity contribution in [2.75, 3.05) is 7.05 Å². The van der Waals surface area contributed by atoms with Gasteiger partial charge in [0.05, 0.1) is 5.69 Å². The average molecular weight is 156 g/mol. The molecule has 0 aliphatic heterocycles. The first kappa shape index (κ1) is 7.69. The third kappa shape index (κ3) is 2.08. The van der Waals surface area contributed by atoms with Crippen LogP contribution in [0.4, 0.5) is 0 Å². The first-order chi connectivity index (χ1) is 4.83. The topological polar surface area (TPSA) is 24.9 Å². The van der Waals surface area contributed by atoms with Gasteiger partial charge in [0.15, 0.2) is 0 Å². The fourth-order valence-electron chi connectivity index (χ4n) is 0.759. The Labute approximate surface area is 65.4 Å². The molecule has 1 rings (SSSR count). The number of aromatic nitrogens is 1. The van der Waals surface area contributed by atoms with Crippen molar-refractivity contribution in [2.24, 2.45) is 0 Å². The van der Waals surface area contributed by atoms with E-state index < -0.39 is 0 Å². The van der Waals surface area contributed by atoms with Gasteiger partial charge in [0, 0.05) is 17.8 Å². The standard InChI is InChI=1S/C7H12N2S/c1-6(8-2)5-7-3-4-10-9-7/h3-4,6,8H,5H2,1-2H3. The van der Waals surface area contributed by atoms with E-state index in [-0.39, 0.29) is 0 Å². The van der Waals surface area contributed by atoms with E-state index in [1.54, 1.807) is 0 Å². The van der Waals surface area contributed by atoms with E-state index >= 15 is 0 Å². The lowest BCUT2D eigenvalue weighted by Crippen LogP contribution is -2.23. The summed E-state index contributed by atoms with van der Waals surface area (Å²) in [5, 5.41) is 5.18. The van der Waals surface area contributed by atoms with Crippen LogP contribution in [0.15, 0.2) is 11.4 Å². The lowest BCUT2D eigenvalue weighted by Gasteiger charge is -2.05. The largest absolute Gasteiger partial charge is 0.317 e. The van der Waals surface area contributed by atoms with Crippen LogP contribution in [0.5, 0.6) is 0 Å². The van der Waals surface area contributed by atoms with Gasteiger partial charge in [-0.25, -0.2) is 0 Å². The zero-order valence-electron chi connectivity index (χ0n) is 6.29. The number of likely N-dealkylation sites (N-methyl/N-ethyl adjacent to an activating group) is 1. The van der Waals surface area contributed by atoms with E-state index in [1.807, 2.05) is 12.4 Å². The summed E-state index contributed by atoms with van der Waals surface area (Å²) in [6, 6.07) is 2.60. The Kier molecular flexibility index (Phi) is 2.83. The summed E-state index contributed by atoms with van der Waals surface area (Å²) >= 11 is 1.51. The van der Waals surface area contributed by atoms with Crippen LogP contribution in [-0.4, -0.2) is 17.5 Å². The Balaban J connectivity index is 2.40. The molecule has 10 heavy (non-hydrogen) atoms. The predicted octanol–water partition coefficient (Wildman–Crippen LogP) is 1.29. The van der Waals surface area contributed by atoms with E-state index in [1.165, 1.54) is 17.2 Å². The zero-order chi connectivity index (χ0) is 7.40. The summed E-state index contributed by atoms with van der Waals surface area (Å²) in [7, 11) is 1.97. The highest BCUT2D eigenvalue weighted by molar-refractivity contribution is 7.03. The molecular weight excluding hydrogens is 144 g/mol. The Bertz CT molecular complexity index is 172. The lowest BCUT2D eigenvalue weighted by atomic mass is 10.2. The molecule has 1 N–H and O–H groups in total. The fraction of sp³-hybridized carbons (Fsp3) is 0.571. The van der Waals surface area contributed by atoms with Crippen molar-refractivity contribution in [1.82, 2.24) is 9.69 Å². The van der Waals surface area contributed by atoms with Gasteiger partial charge in [-0.15, -0.1) is 0 Å². The van der Waals surface area contributed by atoms with E-state index in [0.717, 1.165) is 6.42 Å². The lowest BCUT2D eigenvalue weighted by molar-refractivity contribution is 0.603. The molecule has 2 nitrogen and oxygen atoms in total. The van der Waals surface area contributed by atoms with E-state index in [9.17, 15) is 0 Å². The molecule has 56 valence electrons. The quantitative estimate of drug-likeness (QED) is 0.713. The minimum atomic E-state index is 0.530. The molecule has 1 atom stereocenters.